The second-order valence-corrected chi connectivity index (χ2v) is 7.66. The lowest BCUT2D eigenvalue weighted by Gasteiger charge is -2.32. The van der Waals surface area contributed by atoms with Crippen molar-refractivity contribution in [1.29, 1.82) is 0 Å². The average Bonchev–Trinajstić information content (AvgIpc) is 2.46. The predicted octanol–water partition coefficient (Wildman–Crippen LogP) is 0.818. The van der Waals surface area contributed by atoms with Crippen LogP contribution in [0, 0.1) is 5.92 Å². The molecule has 0 aromatic heterocycles. The molecular weight excluding hydrogens is 304 g/mol. The molecular formula is C15H20N2O4S. The van der Waals surface area contributed by atoms with Crippen LogP contribution in [0.2, 0.25) is 0 Å². The maximum Gasteiger partial charge on any atom is 0.255 e. The summed E-state index contributed by atoms with van der Waals surface area (Å²) in [6, 6.07) is 6.24. The number of hydrogen-bond acceptors (Lipinski definition) is 4. The lowest BCUT2D eigenvalue weighted by molar-refractivity contribution is -0.119. The van der Waals surface area contributed by atoms with Gasteiger partial charge in [-0.1, -0.05) is 12.1 Å². The molecule has 1 aromatic rings. The number of primary amides is 1. The van der Waals surface area contributed by atoms with E-state index in [0.29, 0.717) is 32.4 Å². The van der Waals surface area contributed by atoms with E-state index in [1.807, 2.05) is 0 Å². The number of amides is 2. The molecule has 1 heterocycles. The molecule has 6 nitrogen and oxygen atoms in total. The van der Waals surface area contributed by atoms with E-state index in [9.17, 15) is 18.0 Å². The number of nitrogens with two attached hydrogens (primary N) is 1. The maximum atomic E-state index is 12.6. The van der Waals surface area contributed by atoms with E-state index in [4.69, 9.17) is 5.73 Å². The minimum absolute atomic E-state index is 0.0549. The smallest absolute Gasteiger partial charge is 0.255 e. The molecule has 22 heavy (non-hydrogen) atoms. The summed E-state index contributed by atoms with van der Waals surface area (Å²) in [4.78, 5) is 25.2. The molecule has 0 atom stereocenters. The largest absolute Gasteiger partial charge is 0.370 e. The minimum Gasteiger partial charge on any atom is -0.370 e. The minimum atomic E-state index is -3.45. The summed E-state index contributed by atoms with van der Waals surface area (Å²) in [5.41, 5.74) is 5.40. The Hall–Kier alpha value is -1.89. The number of carbonyl (C=O) groups is 2. The maximum absolute atomic E-state index is 12.6. The third-order valence-corrected chi connectivity index (χ3v) is 5.06. The van der Waals surface area contributed by atoms with Gasteiger partial charge in [-0.05, 0) is 30.9 Å². The molecule has 1 fully saturated rings. The van der Waals surface area contributed by atoms with E-state index in [2.05, 4.69) is 0 Å². The molecule has 7 heteroatoms. The predicted molar refractivity (Wildman–Crippen MR) is 82.0 cm³/mol. The monoisotopic (exact) mass is 324 g/mol. The Morgan fingerprint density at radius 1 is 1.23 bits per heavy atom. The van der Waals surface area contributed by atoms with Crippen molar-refractivity contribution >= 4 is 21.7 Å². The lowest BCUT2D eigenvalue weighted by Crippen LogP contribution is -2.39. The number of benzene rings is 1. The number of piperidine rings is 1. The van der Waals surface area contributed by atoms with Crippen LogP contribution in [-0.2, 0) is 14.6 Å². The van der Waals surface area contributed by atoms with E-state index in [1.54, 1.807) is 17.0 Å². The van der Waals surface area contributed by atoms with Crippen molar-refractivity contribution in [2.75, 3.05) is 19.3 Å². The molecule has 0 spiro atoms. The SMILES string of the molecule is CS(=O)(=O)c1ccccc1C(=O)N1CCC(CC(N)=O)CC1. The Kier molecular flexibility index (Phi) is 4.85. The Bertz CT molecular complexity index is 677. The molecule has 0 bridgehead atoms. The van der Waals surface area contributed by atoms with Crippen molar-refractivity contribution < 1.29 is 18.0 Å². The van der Waals surface area contributed by atoms with E-state index in [-0.39, 0.29) is 28.2 Å². The van der Waals surface area contributed by atoms with Crippen LogP contribution in [0.5, 0.6) is 0 Å². The van der Waals surface area contributed by atoms with Gasteiger partial charge in [-0.2, -0.15) is 0 Å². The van der Waals surface area contributed by atoms with E-state index in [1.165, 1.54) is 12.1 Å². The second-order valence-electron chi connectivity index (χ2n) is 5.67. The van der Waals surface area contributed by atoms with E-state index < -0.39 is 9.84 Å². The Morgan fingerprint density at radius 3 is 2.36 bits per heavy atom. The zero-order valence-corrected chi connectivity index (χ0v) is 13.3. The highest BCUT2D eigenvalue weighted by Crippen LogP contribution is 2.23. The van der Waals surface area contributed by atoms with Crippen molar-refractivity contribution in [3.05, 3.63) is 29.8 Å². The molecule has 2 N–H and O–H groups in total. The lowest BCUT2D eigenvalue weighted by atomic mass is 9.93. The summed E-state index contributed by atoms with van der Waals surface area (Å²) in [7, 11) is -3.45. The second kappa shape index (κ2) is 6.48. The van der Waals surface area contributed by atoms with Gasteiger partial charge in [0.2, 0.25) is 5.91 Å². The number of likely N-dealkylation sites (tertiary alicyclic amines) is 1. The van der Waals surface area contributed by atoms with Gasteiger partial charge in [0.1, 0.15) is 0 Å². The number of rotatable bonds is 4. The van der Waals surface area contributed by atoms with Crippen LogP contribution < -0.4 is 5.73 Å². The van der Waals surface area contributed by atoms with Gasteiger partial charge in [0.15, 0.2) is 9.84 Å². The first-order valence-electron chi connectivity index (χ1n) is 7.15. The fraction of sp³-hybridized carbons (Fsp3) is 0.467. The van der Waals surface area contributed by atoms with Crippen molar-refractivity contribution in [1.82, 2.24) is 4.90 Å². The molecule has 0 aliphatic carbocycles. The third kappa shape index (κ3) is 3.85. The van der Waals surface area contributed by atoms with E-state index in [0.717, 1.165) is 6.26 Å². The van der Waals surface area contributed by atoms with E-state index >= 15 is 0 Å². The summed E-state index contributed by atoms with van der Waals surface area (Å²) in [6.07, 6.45) is 2.84. The van der Waals surface area contributed by atoms with Gasteiger partial charge in [0.05, 0.1) is 10.5 Å². The van der Waals surface area contributed by atoms with Crippen molar-refractivity contribution in [2.24, 2.45) is 11.7 Å². The number of sulfone groups is 1. The summed E-state index contributed by atoms with van der Waals surface area (Å²) in [6.45, 7) is 1.02. The highest BCUT2D eigenvalue weighted by Gasteiger charge is 2.27. The fourth-order valence-electron chi connectivity index (χ4n) is 2.76. The molecule has 2 rings (SSSR count). The standard InChI is InChI=1S/C15H20N2O4S/c1-22(20,21)13-5-3-2-4-12(13)15(19)17-8-6-11(7-9-17)10-14(16)18/h2-5,11H,6-10H2,1H3,(H2,16,18). The number of hydrogen-bond donors (Lipinski definition) is 1. The zero-order chi connectivity index (χ0) is 16.3. The highest BCUT2D eigenvalue weighted by molar-refractivity contribution is 7.90. The summed E-state index contributed by atoms with van der Waals surface area (Å²) in [5, 5.41) is 0. The van der Waals surface area contributed by atoms with Crippen molar-refractivity contribution in [3.63, 3.8) is 0 Å². The molecule has 0 unspecified atom stereocenters. The third-order valence-electron chi connectivity index (χ3n) is 3.91. The van der Waals surface area contributed by atoms with Gasteiger partial charge in [0.25, 0.3) is 5.91 Å². The molecule has 0 radical (unpaired) electrons. The van der Waals surface area contributed by atoms with Crippen LogP contribution in [0.3, 0.4) is 0 Å². The first-order valence-corrected chi connectivity index (χ1v) is 9.05. The first kappa shape index (κ1) is 16.5. The average molecular weight is 324 g/mol. The van der Waals surface area contributed by atoms with Crippen LogP contribution >= 0.6 is 0 Å². The fourth-order valence-corrected chi connectivity index (χ4v) is 3.64. The summed E-state index contributed by atoms with van der Waals surface area (Å²) in [5.74, 6) is -0.405. The van der Waals surface area contributed by atoms with Crippen LogP contribution in [0.1, 0.15) is 29.6 Å². The Balaban J connectivity index is 2.13. The molecule has 1 aromatic carbocycles. The number of carbonyl (C=O) groups excluding carboxylic acids is 2. The van der Waals surface area contributed by atoms with Gasteiger partial charge >= 0.3 is 0 Å². The van der Waals surface area contributed by atoms with Crippen LogP contribution in [0.15, 0.2) is 29.2 Å². The molecule has 1 aliphatic heterocycles. The topological polar surface area (TPSA) is 97.5 Å². The van der Waals surface area contributed by atoms with Gasteiger partial charge in [0, 0.05) is 25.8 Å². The number of nitrogens with zero attached hydrogens (tertiary/aromatic N) is 1. The van der Waals surface area contributed by atoms with Crippen molar-refractivity contribution in [3.8, 4) is 0 Å². The quantitative estimate of drug-likeness (QED) is 0.886. The van der Waals surface area contributed by atoms with Gasteiger partial charge in [-0.3, -0.25) is 9.59 Å². The summed E-state index contributed by atoms with van der Waals surface area (Å²) < 4.78 is 23.6. The molecule has 1 saturated heterocycles. The van der Waals surface area contributed by atoms with Crippen LogP contribution in [-0.4, -0.2) is 44.5 Å². The molecule has 120 valence electrons. The summed E-state index contributed by atoms with van der Waals surface area (Å²) >= 11 is 0. The zero-order valence-electron chi connectivity index (χ0n) is 12.5. The van der Waals surface area contributed by atoms with Crippen LogP contribution in [0.25, 0.3) is 0 Å². The molecule has 0 saturated carbocycles. The Labute approximate surface area is 130 Å². The van der Waals surface area contributed by atoms with Gasteiger partial charge < -0.3 is 10.6 Å². The highest BCUT2D eigenvalue weighted by atomic mass is 32.2. The van der Waals surface area contributed by atoms with Crippen LogP contribution in [0.4, 0.5) is 0 Å². The molecule has 2 amide bonds. The van der Waals surface area contributed by atoms with Gasteiger partial charge in [-0.25, -0.2) is 8.42 Å². The normalized spacial score (nSPS) is 16.5. The first-order chi connectivity index (χ1) is 10.3. The Morgan fingerprint density at radius 2 is 1.82 bits per heavy atom. The van der Waals surface area contributed by atoms with Gasteiger partial charge in [-0.15, -0.1) is 0 Å². The molecule has 1 aliphatic rings. The van der Waals surface area contributed by atoms with Crippen molar-refractivity contribution in [2.45, 2.75) is 24.2 Å².